The molecule has 2 aromatic rings. The van der Waals surface area contributed by atoms with Gasteiger partial charge in [0.25, 0.3) is 11.5 Å². The Morgan fingerprint density at radius 2 is 2.16 bits per heavy atom. The molecule has 0 spiro atoms. The monoisotopic (exact) mass is 277 g/mol. The van der Waals surface area contributed by atoms with Gasteiger partial charge < -0.3 is 5.32 Å². The van der Waals surface area contributed by atoms with Crippen molar-refractivity contribution in [3.8, 4) is 0 Å². The van der Waals surface area contributed by atoms with Crippen molar-refractivity contribution in [2.45, 2.75) is 13.0 Å². The number of aromatic amines is 1. The summed E-state index contributed by atoms with van der Waals surface area (Å²) in [6, 6.07) is 9.66. The molecule has 1 heterocycles. The maximum absolute atomic E-state index is 11.9. The molecular formula is C13H12ClN3O2. The van der Waals surface area contributed by atoms with Gasteiger partial charge in [0.15, 0.2) is 0 Å². The lowest BCUT2D eigenvalue weighted by Gasteiger charge is -2.14. The molecule has 0 bridgehead atoms. The molecule has 6 heteroatoms. The minimum absolute atomic E-state index is 0.161. The lowest BCUT2D eigenvalue weighted by Crippen LogP contribution is -2.28. The molecule has 0 unspecified atom stereocenters. The number of carbonyl (C=O) groups is 1. The van der Waals surface area contributed by atoms with E-state index in [1.165, 1.54) is 12.1 Å². The van der Waals surface area contributed by atoms with Crippen LogP contribution in [0, 0.1) is 0 Å². The van der Waals surface area contributed by atoms with Crippen LogP contribution in [0.1, 0.15) is 29.0 Å². The molecule has 0 fully saturated rings. The Balaban J connectivity index is 2.10. The predicted molar refractivity (Wildman–Crippen MR) is 72.2 cm³/mol. The van der Waals surface area contributed by atoms with Gasteiger partial charge in [0.1, 0.15) is 5.69 Å². The number of rotatable bonds is 3. The van der Waals surface area contributed by atoms with Crippen LogP contribution in [0.25, 0.3) is 0 Å². The van der Waals surface area contributed by atoms with Crippen LogP contribution in [-0.4, -0.2) is 16.1 Å². The second-order valence-electron chi connectivity index (χ2n) is 4.06. The van der Waals surface area contributed by atoms with E-state index in [2.05, 4.69) is 15.5 Å². The Morgan fingerprint density at radius 3 is 2.79 bits per heavy atom. The van der Waals surface area contributed by atoms with Crippen LogP contribution in [-0.2, 0) is 0 Å². The van der Waals surface area contributed by atoms with E-state index >= 15 is 0 Å². The molecule has 0 aliphatic rings. The number of nitrogens with zero attached hydrogens (tertiary/aromatic N) is 1. The molecule has 1 aromatic carbocycles. The van der Waals surface area contributed by atoms with E-state index in [1.807, 2.05) is 19.1 Å². The average Bonchev–Trinajstić information content (AvgIpc) is 2.39. The SMILES string of the molecule is C[C@@H](NC(=O)c1ccc(=O)[nH]n1)c1cccc(Cl)c1. The molecule has 1 aromatic heterocycles. The molecule has 19 heavy (non-hydrogen) atoms. The summed E-state index contributed by atoms with van der Waals surface area (Å²) in [6.07, 6.45) is 0. The number of H-pyrrole nitrogens is 1. The van der Waals surface area contributed by atoms with Crippen LogP contribution in [0.5, 0.6) is 0 Å². The van der Waals surface area contributed by atoms with E-state index < -0.39 is 0 Å². The number of nitrogens with one attached hydrogen (secondary N) is 2. The first-order chi connectivity index (χ1) is 9.06. The third kappa shape index (κ3) is 3.42. The fourth-order valence-corrected chi connectivity index (χ4v) is 1.80. The fourth-order valence-electron chi connectivity index (χ4n) is 1.60. The Morgan fingerprint density at radius 1 is 1.37 bits per heavy atom. The van der Waals surface area contributed by atoms with Crippen LogP contribution in [0.15, 0.2) is 41.2 Å². The van der Waals surface area contributed by atoms with Crippen molar-refractivity contribution in [3.05, 3.63) is 63.0 Å². The highest BCUT2D eigenvalue weighted by Gasteiger charge is 2.12. The van der Waals surface area contributed by atoms with Crippen LogP contribution >= 0.6 is 11.6 Å². The molecule has 1 atom stereocenters. The lowest BCUT2D eigenvalue weighted by molar-refractivity contribution is 0.0933. The molecule has 0 saturated carbocycles. The Labute approximate surface area is 114 Å². The average molecular weight is 278 g/mol. The summed E-state index contributed by atoms with van der Waals surface area (Å²) in [5.41, 5.74) is 0.707. The summed E-state index contributed by atoms with van der Waals surface area (Å²) in [6.45, 7) is 1.84. The number of carbonyl (C=O) groups excluding carboxylic acids is 1. The van der Waals surface area contributed by atoms with Crippen molar-refractivity contribution < 1.29 is 4.79 Å². The molecule has 0 radical (unpaired) electrons. The van der Waals surface area contributed by atoms with Crippen molar-refractivity contribution in [1.29, 1.82) is 0 Å². The second-order valence-corrected chi connectivity index (χ2v) is 4.49. The standard InChI is InChI=1S/C13H12ClN3O2/c1-8(9-3-2-4-10(14)7-9)15-13(19)11-5-6-12(18)17-16-11/h2-8H,1H3,(H,15,19)(H,17,18)/t8-/m1/s1. The molecule has 0 aliphatic carbocycles. The lowest BCUT2D eigenvalue weighted by atomic mass is 10.1. The van der Waals surface area contributed by atoms with Crippen LogP contribution in [0.3, 0.4) is 0 Å². The number of amides is 1. The van der Waals surface area contributed by atoms with Gasteiger partial charge in [-0.15, -0.1) is 0 Å². The summed E-state index contributed by atoms with van der Waals surface area (Å²) in [7, 11) is 0. The van der Waals surface area contributed by atoms with Crippen molar-refractivity contribution >= 4 is 17.5 Å². The maximum Gasteiger partial charge on any atom is 0.272 e. The third-order valence-electron chi connectivity index (χ3n) is 2.61. The Bertz CT molecular complexity index is 634. The summed E-state index contributed by atoms with van der Waals surface area (Å²) < 4.78 is 0. The summed E-state index contributed by atoms with van der Waals surface area (Å²) in [5, 5.41) is 9.27. The van der Waals surface area contributed by atoms with E-state index in [-0.39, 0.29) is 23.2 Å². The minimum Gasteiger partial charge on any atom is -0.344 e. The molecule has 0 saturated heterocycles. The topological polar surface area (TPSA) is 74.8 Å². The van der Waals surface area contributed by atoms with Gasteiger partial charge in [-0.25, -0.2) is 5.10 Å². The number of halogens is 1. The first-order valence-corrected chi connectivity index (χ1v) is 6.06. The summed E-state index contributed by atoms with van der Waals surface area (Å²) in [5.74, 6) is -0.358. The van der Waals surface area contributed by atoms with E-state index in [4.69, 9.17) is 11.6 Å². The predicted octanol–water partition coefficient (Wildman–Crippen LogP) is 1.91. The van der Waals surface area contributed by atoms with Gasteiger partial charge in [0, 0.05) is 11.1 Å². The van der Waals surface area contributed by atoms with E-state index in [1.54, 1.807) is 12.1 Å². The largest absolute Gasteiger partial charge is 0.344 e. The fraction of sp³-hybridized carbons (Fsp3) is 0.154. The van der Waals surface area contributed by atoms with Gasteiger partial charge >= 0.3 is 0 Å². The zero-order chi connectivity index (χ0) is 13.8. The zero-order valence-electron chi connectivity index (χ0n) is 10.2. The molecule has 0 aliphatic heterocycles. The van der Waals surface area contributed by atoms with E-state index in [0.717, 1.165) is 5.56 Å². The van der Waals surface area contributed by atoms with E-state index in [0.29, 0.717) is 5.02 Å². The van der Waals surface area contributed by atoms with Crippen LogP contribution in [0.2, 0.25) is 5.02 Å². The quantitative estimate of drug-likeness (QED) is 0.900. The maximum atomic E-state index is 11.9. The highest BCUT2D eigenvalue weighted by atomic mass is 35.5. The van der Waals surface area contributed by atoms with Gasteiger partial charge in [-0.1, -0.05) is 23.7 Å². The van der Waals surface area contributed by atoms with Crippen molar-refractivity contribution in [3.63, 3.8) is 0 Å². The Kier molecular flexibility index (Phi) is 3.97. The summed E-state index contributed by atoms with van der Waals surface area (Å²) in [4.78, 5) is 22.8. The number of aromatic nitrogens is 2. The molecule has 1 amide bonds. The van der Waals surface area contributed by atoms with E-state index in [9.17, 15) is 9.59 Å². The Hall–Kier alpha value is -2.14. The van der Waals surface area contributed by atoms with Gasteiger partial charge in [-0.05, 0) is 30.7 Å². The van der Waals surface area contributed by atoms with Gasteiger partial charge in [-0.3, -0.25) is 9.59 Å². The molecule has 2 rings (SSSR count). The normalized spacial score (nSPS) is 11.9. The van der Waals surface area contributed by atoms with Gasteiger partial charge in [0.05, 0.1) is 6.04 Å². The molecular weight excluding hydrogens is 266 g/mol. The van der Waals surface area contributed by atoms with Gasteiger partial charge in [0.2, 0.25) is 0 Å². The second kappa shape index (κ2) is 5.67. The van der Waals surface area contributed by atoms with Crippen molar-refractivity contribution in [1.82, 2.24) is 15.5 Å². The molecule has 98 valence electrons. The highest BCUT2D eigenvalue weighted by molar-refractivity contribution is 6.30. The highest BCUT2D eigenvalue weighted by Crippen LogP contribution is 2.17. The smallest absolute Gasteiger partial charge is 0.272 e. The minimum atomic E-state index is -0.358. The molecule has 2 N–H and O–H groups in total. The number of hydrogen-bond acceptors (Lipinski definition) is 3. The molecule has 5 nitrogen and oxygen atoms in total. The first kappa shape index (κ1) is 13.3. The number of hydrogen-bond donors (Lipinski definition) is 2. The van der Waals surface area contributed by atoms with Gasteiger partial charge in [-0.2, -0.15) is 5.10 Å². The number of benzene rings is 1. The van der Waals surface area contributed by atoms with Crippen LogP contribution in [0.4, 0.5) is 0 Å². The first-order valence-electron chi connectivity index (χ1n) is 5.68. The van der Waals surface area contributed by atoms with Crippen LogP contribution < -0.4 is 10.9 Å². The van der Waals surface area contributed by atoms with Crippen molar-refractivity contribution in [2.75, 3.05) is 0 Å². The van der Waals surface area contributed by atoms with Crippen molar-refractivity contribution in [2.24, 2.45) is 0 Å². The zero-order valence-corrected chi connectivity index (χ0v) is 10.9. The summed E-state index contributed by atoms with van der Waals surface area (Å²) >= 11 is 5.90. The third-order valence-corrected chi connectivity index (χ3v) is 2.84.